The fourth-order valence-corrected chi connectivity index (χ4v) is 3.68. The summed E-state index contributed by atoms with van der Waals surface area (Å²) in [6.07, 6.45) is 0. The van der Waals surface area contributed by atoms with Crippen LogP contribution in [0.25, 0.3) is 33.5 Å². The Hall–Kier alpha value is -2.55. The van der Waals surface area contributed by atoms with Crippen LogP contribution in [0.4, 0.5) is 0 Å². The van der Waals surface area contributed by atoms with Crippen molar-refractivity contribution in [1.29, 1.82) is 0 Å². The number of rotatable bonds is 0. The molecule has 102 valence electrons. The number of hydrogen-bond acceptors (Lipinski definition) is 0. The summed E-state index contributed by atoms with van der Waals surface area (Å²) in [7, 11) is 2.00. The van der Waals surface area contributed by atoms with Gasteiger partial charge in [0.1, 0.15) is 5.52 Å². The van der Waals surface area contributed by atoms with Crippen LogP contribution in [0.1, 0.15) is 9.68 Å². The molecule has 2 aromatic carbocycles. The molecule has 4 aromatic rings. The number of hydrogen-bond donors (Lipinski definition) is 0. The maximum Gasteiger partial charge on any atom is 0.269 e. The lowest BCUT2D eigenvalue weighted by molar-refractivity contribution is -0.648. The van der Waals surface area contributed by atoms with Crippen molar-refractivity contribution in [1.82, 2.24) is 9.13 Å². The second kappa shape index (κ2) is 3.55. The SMILES string of the molecule is [2H]C([2H])([2H])n1c2[n+](c3c1c1ccccc1n3C)Cc1ccccc1-2. The topological polar surface area (TPSA) is 13.7 Å². The van der Waals surface area contributed by atoms with Crippen LogP contribution in [0.2, 0.25) is 0 Å². The van der Waals surface area contributed by atoms with Gasteiger partial charge >= 0.3 is 0 Å². The summed E-state index contributed by atoms with van der Waals surface area (Å²) < 4.78 is 30.2. The lowest BCUT2D eigenvalue weighted by Crippen LogP contribution is -2.33. The number of nitrogens with zero attached hydrogens (tertiary/aromatic N) is 3. The quantitative estimate of drug-likeness (QED) is 0.386. The van der Waals surface area contributed by atoms with Gasteiger partial charge in [-0.25, -0.2) is 4.57 Å². The molecule has 5 rings (SSSR count). The Labute approximate surface area is 126 Å². The average molecular weight is 277 g/mol. The highest BCUT2D eigenvalue weighted by Crippen LogP contribution is 2.34. The zero-order valence-electron chi connectivity index (χ0n) is 14.7. The molecule has 3 nitrogen and oxygen atoms in total. The Morgan fingerprint density at radius 1 is 1.05 bits per heavy atom. The normalized spacial score (nSPS) is 15.8. The van der Waals surface area contributed by atoms with Gasteiger partial charge in [0.25, 0.3) is 5.65 Å². The Balaban J connectivity index is 2.05. The van der Waals surface area contributed by atoms with Crippen molar-refractivity contribution in [3.8, 4) is 11.4 Å². The first-order valence-electron chi connectivity index (χ1n) is 8.59. The summed E-state index contributed by atoms with van der Waals surface area (Å²) in [5.74, 6) is 0.775. The van der Waals surface area contributed by atoms with Crippen LogP contribution in [-0.4, -0.2) is 9.13 Å². The summed E-state index contributed by atoms with van der Waals surface area (Å²) in [4.78, 5) is 0. The standard InChI is InChI=1S/C18H16N3/c1-19-15-10-6-5-9-14(15)16-18(19)21-11-12-7-3-4-8-13(12)17(21)20(16)2/h3-10H,11H2,1-2H3/q+1/i2D3. The molecule has 3 heteroatoms. The van der Waals surface area contributed by atoms with Gasteiger partial charge in [0.15, 0.2) is 5.52 Å². The summed E-state index contributed by atoms with van der Waals surface area (Å²) >= 11 is 0. The third kappa shape index (κ3) is 1.18. The van der Waals surface area contributed by atoms with Crippen LogP contribution in [0.5, 0.6) is 0 Å². The number of aryl methyl sites for hydroxylation is 2. The highest BCUT2D eigenvalue weighted by Gasteiger charge is 2.33. The zero-order valence-corrected chi connectivity index (χ0v) is 11.7. The maximum atomic E-state index is 8.14. The highest BCUT2D eigenvalue weighted by molar-refractivity contribution is 6.04. The van der Waals surface area contributed by atoms with Crippen molar-refractivity contribution >= 4 is 22.1 Å². The van der Waals surface area contributed by atoms with E-state index in [9.17, 15) is 0 Å². The van der Waals surface area contributed by atoms with E-state index in [4.69, 9.17) is 4.11 Å². The van der Waals surface area contributed by atoms with Crippen molar-refractivity contribution in [2.45, 2.75) is 6.54 Å². The molecule has 2 aromatic heterocycles. The molecule has 1 aliphatic heterocycles. The molecule has 1 aliphatic rings. The second-order valence-corrected chi connectivity index (χ2v) is 5.65. The molecule has 0 aliphatic carbocycles. The molecule has 3 heterocycles. The van der Waals surface area contributed by atoms with Crippen LogP contribution >= 0.6 is 0 Å². The van der Waals surface area contributed by atoms with Crippen LogP contribution < -0.4 is 4.57 Å². The van der Waals surface area contributed by atoms with E-state index in [2.05, 4.69) is 15.2 Å². The van der Waals surface area contributed by atoms with Crippen LogP contribution in [0.15, 0.2) is 48.5 Å². The van der Waals surface area contributed by atoms with Crippen molar-refractivity contribution in [3.63, 3.8) is 0 Å². The Bertz CT molecular complexity index is 1130. The fourth-order valence-electron chi connectivity index (χ4n) is 3.68. The predicted molar refractivity (Wildman–Crippen MR) is 84.1 cm³/mol. The minimum atomic E-state index is -2.24. The van der Waals surface area contributed by atoms with Gasteiger partial charge in [-0.1, -0.05) is 30.3 Å². The largest absolute Gasteiger partial charge is 0.269 e. The molecule has 0 radical (unpaired) electrons. The molecular weight excluding hydrogens is 258 g/mol. The van der Waals surface area contributed by atoms with Crippen molar-refractivity contribution in [2.24, 2.45) is 14.0 Å². The lowest BCUT2D eigenvalue weighted by Gasteiger charge is -1.97. The van der Waals surface area contributed by atoms with Crippen molar-refractivity contribution in [2.75, 3.05) is 0 Å². The van der Waals surface area contributed by atoms with E-state index < -0.39 is 6.98 Å². The molecule has 0 atom stereocenters. The first kappa shape index (κ1) is 8.67. The molecule has 0 saturated heterocycles. The Kier molecular flexibility index (Phi) is 1.47. The predicted octanol–water partition coefficient (Wildman–Crippen LogP) is 2.99. The maximum absolute atomic E-state index is 8.14. The molecule has 0 spiro atoms. The third-order valence-electron chi connectivity index (χ3n) is 4.58. The fraction of sp³-hybridized carbons (Fsp3) is 0.167. The minimum absolute atomic E-state index is 0.704. The molecule has 0 amide bonds. The van der Waals surface area contributed by atoms with E-state index in [1.165, 1.54) is 4.57 Å². The summed E-state index contributed by atoms with van der Waals surface area (Å²) in [5.41, 5.74) is 4.97. The van der Waals surface area contributed by atoms with E-state index in [0.29, 0.717) is 6.54 Å². The molecule has 21 heavy (non-hydrogen) atoms. The monoisotopic (exact) mass is 277 g/mol. The zero-order chi connectivity index (χ0) is 16.6. The van der Waals surface area contributed by atoms with E-state index in [1.54, 1.807) is 0 Å². The molecule has 0 unspecified atom stereocenters. The number of imidazole rings is 1. The first-order valence-corrected chi connectivity index (χ1v) is 7.09. The number of para-hydroxylation sites is 1. The number of aromatic nitrogens is 3. The Morgan fingerprint density at radius 2 is 1.86 bits per heavy atom. The van der Waals surface area contributed by atoms with Gasteiger partial charge in [0.2, 0.25) is 5.82 Å². The van der Waals surface area contributed by atoms with Crippen LogP contribution in [0, 0.1) is 0 Å². The number of benzene rings is 2. The minimum Gasteiger partial charge on any atom is -0.259 e. The van der Waals surface area contributed by atoms with Crippen molar-refractivity contribution in [3.05, 3.63) is 54.1 Å². The van der Waals surface area contributed by atoms with Gasteiger partial charge in [-0.2, -0.15) is 0 Å². The smallest absolute Gasteiger partial charge is 0.259 e. The van der Waals surface area contributed by atoms with Crippen molar-refractivity contribution < 1.29 is 8.68 Å². The summed E-state index contributed by atoms with van der Waals surface area (Å²) in [5, 5.41) is 0.977. The van der Waals surface area contributed by atoms with Gasteiger partial charge in [-0.05, 0) is 18.2 Å². The average Bonchev–Trinajstić information content (AvgIpc) is 3.15. The van der Waals surface area contributed by atoms with Gasteiger partial charge in [0, 0.05) is 5.56 Å². The number of fused-ring (bicyclic) bond motifs is 7. The van der Waals surface area contributed by atoms with E-state index in [1.807, 2.05) is 49.5 Å². The van der Waals surface area contributed by atoms with Crippen LogP contribution in [0.3, 0.4) is 0 Å². The van der Waals surface area contributed by atoms with E-state index in [0.717, 1.165) is 39.0 Å². The van der Waals surface area contributed by atoms with Crippen LogP contribution in [-0.2, 0) is 20.6 Å². The van der Waals surface area contributed by atoms with Gasteiger partial charge in [0.05, 0.1) is 35.6 Å². The Morgan fingerprint density at radius 3 is 2.76 bits per heavy atom. The van der Waals surface area contributed by atoms with Gasteiger partial charge < -0.3 is 0 Å². The molecule has 0 saturated carbocycles. The first-order chi connectivity index (χ1) is 11.5. The van der Waals surface area contributed by atoms with Gasteiger partial charge in [-0.3, -0.25) is 9.13 Å². The highest BCUT2D eigenvalue weighted by atomic mass is 15.2. The molecule has 0 fully saturated rings. The van der Waals surface area contributed by atoms with Gasteiger partial charge in [-0.15, -0.1) is 0 Å². The van der Waals surface area contributed by atoms with E-state index >= 15 is 0 Å². The molecule has 0 bridgehead atoms. The lowest BCUT2D eigenvalue weighted by atomic mass is 10.1. The molecule has 0 N–H and O–H groups in total. The summed E-state index contributed by atoms with van der Waals surface area (Å²) in [6.45, 7) is -1.53. The molecular formula is C18H16N3+. The van der Waals surface area contributed by atoms with E-state index in [-0.39, 0.29) is 0 Å². The second-order valence-electron chi connectivity index (χ2n) is 5.65. The third-order valence-corrected chi connectivity index (χ3v) is 4.58. The summed E-state index contributed by atoms with van der Waals surface area (Å²) in [6, 6.07) is 16.0.